The molecule has 0 spiro atoms. The predicted octanol–water partition coefficient (Wildman–Crippen LogP) is 3.05. The summed E-state index contributed by atoms with van der Waals surface area (Å²) in [6.07, 6.45) is 7.12. The van der Waals surface area contributed by atoms with Gasteiger partial charge in [-0.3, -0.25) is 14.5 Å². The molecule has 1 atom stereocenters. The number of nitrogens with one attached hydrogen (secondary N) is 1. The zero-order chi connectivity index (χ0) is 20.7. The molecule has 1 aromatic carbocycles. The summed E-state index contributed by atoms with van der Waals surface area (Å²) < 4.78 is 0. The molecule has 0 unspecified atom stereocenters. The minimum atomic E-state index is -0.425. The van der Waals surface area contributed by atoms with E-state index in [1.165, 1.54) is 24.8 Å². The Morgan fingerprint density at radius 2 is 1.53 bits per heavy atom. The Labute approximate surface area is 180 Å². The van der Waals surface area contributed by atoms with Crippen molar-refractivity contribution in [1.82, 2.24) is 15.1 Å². The maximum atomic E-state index is 13.3. The average Bonchev–Trinajstić information content (AvgIpc) is 2.73. The van der Waals surface area contributed by atoms with Gasteiger partial charge in [0.25, 0.3) is 0 Å². The Kier molecular flexibility index (Phi) is 5.34. The first-order valence-electron chi connectivity index (χ1n) is 11.9. The lowest BCUT2D eigenvalue weighted by atomic mass is 9.49. The van der Waals surface area contributed by atoms with Crippen LogP contribution in [0, 0.1) is 23.2 Å². The van der Waals surface area contributed by atoms with Gasteiger partial charge in [-0.2, -0.15) is 0 Å². The highest BCUT2D eigenvalue weighted by molar-refractivity contribution is 5.90. The monoisotopic (exact) mass is 409 g/mol. The van der Waals surface area contributed by atoms with E-state index < -0.39 is 6.04 Å². The normalized spacial score (nSPS) is 34.0. The van der Waals surface area contributed by atoms with Gasteiger partial charge in [-0.1, -0.05) is 30.3 Å². The van der Waals surface area contributed by atoms with E-state index in [0.29, 0.717) is 0 Å². The van der Waals surface area contributed by atoms with Gasteiger partial charge in [0.05, 0.1) is 0 Å². The molecule has 1 heterocycles. The number of carbonyl (C=O) groups is 2. The van der Waals surface area contributed by atoms with Gasteiger partial charge in [0.2, 0.25) is 11.8 Å². The molecule has 1 N–H and O–H groups in total. The van der Waals surface area contributed by atoms with E-state index in [1.54, 1.807) is 0 Å². The van der Waals surface area contributed by atoms with Gasteiger partial charge >= 0.3 is 0 Å². The van der Waals surface area contributed by atoms with E-state index in [1.807, 2.05) is 17.9 Å². The van der Waals surface area contributed by atoms with Crippen molar-refractivity contribution in [2.24, 2.45) is 23.2 Å². The molecule has 0 aromatic heterocycles. The molecular formula is C25H35N3O2. The van der Waals surface area contributed by atoms with Gasteiger partial charge in [0, 0.05) is 38.1 Å². The highest BCUT2D eigenvalue weighted by Crippen LogP contribution is 2.60. The molecule has 1 aliphatic heterocycles. The zero-order valence-electron chi connectivity index (χ0n) is 18.2. The lowest BCUT2D eigenvalue weighted by molar-refractivity contribution is -0.150. The molecule has 4 bridgehead atoms. The second-order valence-corrected chi connectivity index (χ2v) is 10.5. The van der Waals surface area contributed by atoms with E-state index in [-0.39, 0.29) is 17.2 Å². The number of benzene rings is 1. The molecule has 5 nitrogen and oxygen atoms in total. The molecule has 4 saturated carbocycles. The van der Waals surface area contributed by atoms with Crippen LogP contribution < -0.4 is 5.32 Å². The number of carbonyl (C=O) groups excluding carboxylic acids is 2. The summed E-state index contributed by atoms with van der Waals surface area (Å²) in [4.78, 5) is 30.6. The molecule has 2 amide bonds. The maximum absolute atomic E-state index is 13.3. The summed E-state index contributed by atoms with van der Waals surface area (Å²) in [6.45, 7) is 6.05. The van der Waals surface area contributed by atoms with Crippen molar-refractivity contribution in [3.05, 3.63) is 35.9 Å². The summed E-state index contributed by atoms with van der Waals surface area (Å²) in [6, 6.07) is 10.1. The third kappa shape index (κ3) is 3.89. The van der Waals surface area contributed by atoms with Crippen LogP contribution in [0.1, 0.15) is 51.0 Å². The third-order valence-corrected chi connectivity index (χ3v) is 8.17. The summed E-state index contributed by atoms with van der Waals surface area (Å²) in [5.74, 6) is 2.46. The first-order chi connectivity index (χ1) is 14.5. The minimum Gasteiger partial charge on any atom is -0.344 e. The van der Waals surface area contributed by atoms with E-state index in [9.17, 15) is 9.59 Å². The van der Waals surface area contributed by atoms with Crippen molar-refractivity contribution in [2.75, 3.05) is 26.2 Å². The fraction of sp³-hybridized carbons (Fsp3) is 0.680. The number of amides is 2. The van der Waals surface area contributed by atoms with E-state index in [2.05, 4.69) is 34.5 Å². The Balaban J connectivity index is 1.13. The number of rotatable bonds is 5. The van der Waals surface area contributed by atoms with Crippen LogP contribution in [0.5, 0.6) is 0 Å². The first kappa shape index (κ1) is 20.0. The highest BCUT2D eigenvalue weighted by Gasteiger charge is 2.54. The second kappa shape index (κ2) is 7.99. The van der Waals surface area contributed by atoms with Crippen LogP contribution in [-0.2, 0) is 16.1 Å². The van der Waals surface area contributed by atoms with Gasteiger partial charge < -0.3 is 10.2 Å². The SMILES string of the molecule is C[C@H](NC(=O)C12CC3CC(CC(C3)C1)C2)C(=O)N1CCN(Cc2ccccc2)CC1. The Morgan fingerprint density at radius 1 is 0.967 bits per heavy atom. The van der Waals surface area contributed by atoms with Crippen LogP contribution in [0.15, 0.2) is 30.3 Å². The van der Waals surface area contributed by atoms with Crippen molar-refractivity contribution in [2.45, 2.75) is 58.0 Å². The van der Waals surface area contributed by atoms with Crippen LogP contribution in [0.4, 0.5) is 0 Å². The largest absolute Gasteiger partial charge is 0.344 e. The lowest BCUT2D eigenvalue weighted by Crippen LogP contribution is -2.58. The number of piperazine rings is 1. The van der Waals surface area contributed by atoms with E-state index in [0.717, 1.165) is 69.7 Å². The molecule has 30 heavy (non-hydrogen) atoms. The fourth-order valence-corrected chi connectivity index (χ4v) is 7.04. The summed E-state index contributed by atoms with van der Waals surface area (Å²) in [5.41, 5.74) is 1.13. The van der Waals surface area contributed by atoms with E-state index >= 15 is 0 Å². The maximum Gasteiger partial charge on any atom is 0.244 e. The molecule has 5 fully saturated rings. The highest BCUT2D eigenvalue weighted by atomic mass is 16.2. The molecular weight excluding hydrogens is 374 g/mol. The Hall–Kier alpha value is -1.88. The van der Waals surface area contributed by atoms with E-state index in [4.69, 9.17) is 0 Å². The van der Waals surface area contributed by atoms with Crippen molar-refractivity contribution in [3.63, 3.8) is 0 Å². The summed E-state index contributed by atoms with van der Waals surface area (Å²) in [7, 11) is 0. The molecule has 5 aliphatic rings. The fourth-order valence-electron chi connectivity index (χ4n) is 7.04. The van der Waals surface area contributed by atoms with Crippen LogP contribution in [0.25, 0.3) is 0 Å². The summed E-state index contributed by atoms with van der Waals surface area (Å²) >= 11 is 0. The molecule has 0 radical (unpaired) electrons. The average molecular weight is 410 g/mol. The van der Waals surface area contributed by atoms with Crippen molar-refractivity contribution in [1.29, 1.82) is 0 Å². The van der Waals surface area contributed by atoms with Crippen molar-refractivity contribution < 1.29 is 9.59 Å². The molecule has 6 rings (SSSR count). The second-order valence-electron chi connectivity index (χ2n) is 10.5. The first-order valence-corrected chi connectivity index (χ1v) is 11.9. The van der Waals surface area contributed by atoms with Gasteiger partial charge in [0.1, 0.15) is 6.04 Å². The molecule has 4 aliphatic carbocycles. The van der Waals surface area contributed by atoms with Gasteiger partial charge in [0.15, 0.2) is 0 Å². The zero-order valence-corrected chi connectivity index (χ0v) is 18.2. The number of hydrogen-bond acceptors (Lipinski definition) is 3. The Bertz CT molecular complexity index is 750. The van der Waals surface area contributed by atoms with Crippen LogP contribution in [0.2, 0.25) is 0 Å². The van der Waals surface area contributed by atoms with Crippen LogP contribution in [-0.4, -0.2) is 53.8 Å². The Morgan fingerprint density at radius 3 is 2.10 bits per heavy atom. The minimum absolute atomic E-state index is 0.0763. The number of nitrogens with zero attached hydrogens (tertiary/aromatic N) is 2. The summed E-state index contributed by atoms with van der Waals surface area (Å²) in [5, 5.41) is 3.14. The predicted molar refractivity (Wildman–Crippen MR) is 117 cm³/mol. The van der Waals surface area contributed by atoms with Crippen molar-refractivity contribution in [3.8, 4) is 0 Å². The van der Waals surface area contributed by atoms with Gasteiger partial charge in [-0.25, -0.2) is 0 Å². The van der Waals surface area contributed by atoms with Gasteiger partial charge in [-0.15, -0.1) is 0 Å². The number of hydrogen-bond donors (Lipinski definition) is 1. The van der Waals surface area contributed by atoms with Gasteiger partial charge in [-0.05, 0) is 68.8 Å². The van der Waals surface area contributed by atoms with Crippen LogP contribution >= 0.6 is 0 Å². The smallest absolute Gasteiger partial charge is 0.244 e. The van der Waals surface area contributed by atoms with Crippen LogP contribution in [0.3, 0.4) is 0 Å². The lowest BCUT2D eigenvalue weighted by Gasteiger charge is -2.55. The molecule has 1 aromatic rings. The molecule has 1 saturated heterocycles. The standard InChI is InChI=1S/C25H35N3O2/c1-18(26-24(30)25-14-20-11-21(15-25)13-22(12-20)16-25)23(29)28-9-7-27(8-10-28)17-19-5-3-2-4-6-19/h2-6,18,20-22H,7-17H2,1H3,(H,26,30)/t18-,20?,21?,22?,25?/m0/s1. The van der Waals surface area contributed by atoms with Crippen molar-refractivity contribution >= 4 is 11.8 Å². The quantitative estimate of drug-likeness (QED) is 0.813. The third-order valence-electron chi connectivity index (χ3n) is 8.17. The molecule has 5 heteroatoms. The topological polar surface area (TPSA) is 52.7 Å². The molecule has 162 valence electrons.